The molecule has 7 heteroatoms. The lowest BCUT2D eigenvalue weighted by Gasteiger charge is -2.06. The number of hydrogen-bond acceptors (Lipinski definition) is 4. The van der Waals surface area contributed by atoms with Crippen LogP contribution in [0.25, 0.3) is 0 Å². The van der Waals surface area contributed by atoms with Crippen LogP contribution in [0.3, 0.4) is 0 Å². The van der Waals surface area contributed by atoms with Gasteiger partial charge in [0.25, 0.3) is 10.0 Å². The van der Waals surface area contributed by atoms with E-state index in [-0.39, 0.29) is 10.5 Å². The second kappa shape index (κ2) is 3.97. The summed E-state index contributed by atoms with van der Waals surface area (Å²) in [5, 5.41) is 17.1. The molecule has 0 aliphatic carbocycles. The first-order chi connectivity index (χ1) is 6.88. The first kappa shape index (κ1) is 11.6. The van der Waals surface area contributed by atoms with Crippen LogP contribution in [0.5, 0.6) is 0 Å². The van der Waals surface area contributed by atoms with E-state index in [1.54, 1.807) is 0 Å². The zero-order valence-corrected chi connectivity index (χ0v) is 8.58. The highest BCUT2D eigenvalue weighted by Crippen LogP contribution is 2.16. The molecule has 0 amide bonds. The van der Waals surface area contributed by atoms with Gasteiger partial charge < -0.3 is 10.3 Å². The summed E-state index contributed by atoms with van der Waals surface area (Å²) in [4.78, 5) is 11.5. The number of sulfonamides is 1. The molecule has 0 saturated carbocycles. The number of carboxylic acid groups (broad SMARTS) is 1. The molecular formula is C8H9NO5S. The highest BCUT2D eigenvalue weighted by Gasteiger charge is 2.17. The van der Waals surface area contributed by atoms with Gasteiger partial charge in [-0.25, -0.2) is 13.2 Å². The molecule has 15 heavy (non-hydrogen) atoms. The van der Waals surface area contributed by atoms with E-state index < -0.39 is 16.0 Å². The zero-order chi connectivity index (χ0) is 11.6. The lowest BCUT2D eigenvalue weighted by atomic mass is 10.1. The van der Waals surface area contributed by atoms with E-state index in [1.807, 2.05) is 0 Å². The Morgan fingerprint density at radius 1 is 1.40 bits per heavy atom. The van der Waals surface area contributed by atoms with Crippen LogP contribution >= 0.6 is 0 Å². The number of aromatic carboxylic acids is 1. The predicted molar refractivity (Wildman–Crippen MR) is 50.2 cm³/mol. The topological polar surface area (TPSA) is 104 Å². The normalized spacial score (nSPS) is 11.3. The van der Waals surface area contributed by atoms with Gasteiger partial charge in [-0.15, -0.1) is 0 Å². The Labute approximate surface area is 86.2 Å². The van der Waals surface area contributed by atoms with Gasteiger partial charge in [0, 0.05) is 0 Å². The van der Waals surface area contributed by atoms with Gasteiger partial charge in [0.1, 0.15) is 0 Å². The molecule has 0 aromatic heterocycles. The van der Waals surface area contributed by atoms with Crippen LogP contribution in [0.15, 0.2) is 23.1 Å². The fourth-order valence-electron chi connectivity index (χ4n) is 1.07. The number of rotatable bonds is 3. The van der Waals surface area contributed by atoms with Crippen molar-refractivity contribution in [2.24, 2.45) is 0 Å². The zero-order valence-electron chi connectivity index (χ0n) is 7.76. The molecular weight excluding hydrogens is 222 g/mol. The van der Waals surface area contributed by atoms with E-state index >= 15 is 0 Å². The molecule has 0 radical (unpaired) electrons. The van der Waals surface area contributed by atoms with Crippen LogP contribution in [-0.2, 0) is 10.0 Å². The largest absolute Gasteiger partial charge is 0.478 e. The van der Waals surface area contributed by atoms with Crippen molar-refractivity contribution in [2.45, 2.75) is 11.8 Å². The number of carbonyl (C=O) groups is 1. The SMILES string of the molecule is Cc1ccc(C(=O)O)cc1S(=O)(=O)NO. The van der Waals surface area contributed by atoms with Crippen molar-refractivity contribution >= 4 is 16.0 Å². The molecule has 0 bridgehead atoms. The molecule has 0 aliphatic rings. The molecule has 82 valence electrons. The number of hydrogen-bond donors (Lipinski definition) is 3. The van der Waals surface area contributed by atoms with E-state index in [4.69, 9.17) is 10.3 Å². The quantitative estimate of drug-likeness (QED) is 0.651. The van der Waals surface area contributed by atoms with Crippen LogP contribution in [0, 0.1) is 6.92 Å². The Hall–Kier alpha value is -1.44. The number of nitrogens with one attached hydrogen (secondary N) is 1. The van der Waals surface area contributed by atoms with E-state index in [0.29, 0.717) is 5.56 Å². The predicted octanol–water partition coefficient (Wildman–Crippen LogP) is 0.361. The van der Waals surface area contributed by atoms with Crippen molar-refractivity contribution in [1.82, 2.24) is 4.89 Å². The Morgan fingerprint density at radius 2 is 2.00 bits per heavy atom. The van der Waals surface area contributed by atoms with Crippen LogP contribution in [0.2, 0.25) is 0 Å². The van der Waals surface area contributed by atoms with Crippen LogP contribution in [0.1, 0.15) is 15.9 Å². The second-order valence-corrected chi connectivity index (χ2v) is 4.51. The molecule has 0 heterocycles. The molecule has 0 fully saturated rings. The first-order valence-electron chi connectivity index (χ1n) is 3.88. The van der Waals surface area contributed by atoms with Gasteiger partial charge in [-0.05, 0) is 24.6 Å². The third-order valence-corrected chi connectivity index (χ3v) is 3.10. The van der Waals surface area contributed by atoms with Crippen LogP contribution < -0.4 is 4.89 Å². The summed E-state index contributed by atoms with van der Waals surface area (Å²) in [6.45, 7) is 1.50. The summed E-state index contributed by atoms with van der Waals surface area (Å²) in [6.07, 6.45) is 0. The monoisotopic (exact) mass is 231 g/mol. The Balaban J connectivity index is 3.42. The molecule has 6 nitrogen and oxygen atoms in total. The van der Waals surface area contributed by atoms with E-state index in [9.17, 15) is 13.2 Å². The highest BCUT2D eigenvalue weighted by atomic mass is 32.2. The third-order valence-electron chi connectivity index (χ3n) is 1.84. The summed E-state index contributed by atoms with van der Waals surface area (Å²) < 4.78 is 22.5. The average molecular weight is 231 g/mol. The van der Waals surface area contributed by atoms with Gasteiger partial charge in [0.2, 0.25) is 0 Å². The summed E-state index contributed by atoms with van der Waals surface area (Å²) in [7, 11) is -4.04. The van der Waals surface area contributed by atoms with Crippen molar-refractivity contribution in [3.05, 3.63) is 29.3 Å². The van der Waals surface area contributed by atoms with Crippen LogP contribution in [0.4, 0.5) is 0 Å². The lowest BCUT2D eigenvalue weighted by Crippen LogP contribution is -2.20. The maximum absolute atomic E-state index is 11.2. The average Bonchev–Trinajstić information content (AvgIpc) is 2.17. The van der Waals surface area contributed by atoms with Gasteiger partial charge in [0.15, 0.2) is 0 Å². The Bertz CT molecular complexity index is 494. The molecule has 0 atom stereocenters. The van der Waals surface area contributed by atoms with Crippen molar-refractivity contribution in [2.75, 3.05) is 0 Å². The number of carboxylic acids is 1. The molecule has 0 spiro atoms. The lowest BCUT2D eigenvalue weighted by molar-refractivity contribution is 0.0696. The third kappa shape index (κ3) is 2.32. The van der Waals surface area contributed by atoms with E-state index in [2.05, 4.69) is 0 Å². The van der Waals surface area contributed by atoms with Crippen molar-refractivity contribution in [1.29, 1.82) is 0 Å². The van der Waals surface area contributed by atoms with Gasteiger partial charge >= 0.3 is 5.97 Å². The summed E-state index contributed by atoms with van der Waals surface area (Å²) in [5.74, 6) is -1.23. The molecule has 1 aromatic carbocycles. The first-order valence-corrected chi connectivity index (χ1v) is 5.36. The molecule has 3 N–H and O–H groups in total. The van der Waals surface area contributed by atoms with Gasteiger partial charge in [0.05, 0.1) is 10.5 Å². The highest BCUT2D eigenvalue weighted by molar-refractivity contribution is 7.89. The molecule has 1 rings (SSSR count). The minimum Gasteiger partial charge on any atom is -0.478 e. The van der Waals surface area contributed by atoms with Crippen molar-refractivity contribution in [3.8, 4) is 0 Å². The summed E-state index contributed by atoms with van der Waals surface area (Å²) in [5.41, 5.74) is 0.191. The summed E-state index contributed by atoms with van der Waals surface area (Å²) in [6, 6.07) is 3.62. The molecule has 1 aromatic rings. The van der Waals surface area contributed by atoms with Crippen molar-refractivity contribution in [3.63, 3.8) is 0 Å². The fraction of sp³-hybridized carbons (Fsp3) is 0.125. The van der Waals surface area contributed by atoms with E-state index in [0.717, 1.165) is 11.0 Å². The molecule has 0 unspecified atom stereocenters. The molecule has 0 saturated heterocycles. The Morgan fingerprint density at radius 3 is 2.47 bits per heavy atom. The van der Waals surface area contributed by atoms with Gasteiger partial charge in [-0.3, -0.25) is 0 Å². The minimum absolute atomic E-state index is 0.158. The maximum Gasteiger partial charge on any atom is 0.335 e. The Kier molecular flexibility index (Phi) is 3.08. The standard InChI is InChI=1S/C8H9NO5S/c1-5-2-3-6(8(10)11)4-7(5)15(13,14)9-12/h2-4,9,12H,1H3,(H,10,11). The van der Waals surface area contributed by atoms with Gasteiger partial charge in [-0.2, -0.15) is 0 Å². The molecule has 0 aliphatic heterocycles. The number of benzene rings is 1. The fourth-order valence-corrected chi connectivity index (χ4v) is 1.94. The van der Waals surface area contributed by atoms with Gasteiger partial charge in [-0.1, -0.05) is 11.0 Å². The maximum atomic E-state index is 11.2. The van der Waals surface area contributed by atoms with Crippen molar-refractivity contribution < 1.29 is 23.5 Å². The summed E-state index contributed by atoms with van der Waals surface area (Å²) >= 11 is 0. The smallest absolute Gasteiger partial charge is 0.335 e. The van der Waals surface area contributed by atoms with E-state index in [1.165, 1.54) is 19.1 Å². The minimum atomic E-state index is -4.04. The van der Waals surface area contributed by atoms with Crippen LogP contribution in [-0.4, -0.2) is 24.7 Å². The second-order valence-electron chi connectivity index (χ2n) is 2.88. The number of aryl methyl sites for hydroxylation is 1.